The third-order valence-corrected chi connectivity index (χ3v) is 10.2. The van der Waals surface area contributed by atoms with Crippen molar-refractivity contribution in [1.82, 2.24) is 4.90 Å². The number of morpholine rings is 1. The van der Waals surface area contributed by atoms with Crippen molar-refractivity contribution in [3.8, 4) is 6.07 Å². The van der Waals surface area contributed by atoms with Gasteiger partial charge in [0.15, 0.2) is 5.78 Å². The molecule has 0 radical (unpaired) electrons. The summed E-state index contributed by atoms with van der Waals surface area (Å²) in [5.41, 5.74) is 7.86. The van der Waals surface area contributed by atoms with Crippen LogP contribution in [0.3, 0.4) is 0 Å². The van der Waals surface area contributed by atoms with Crippen LogP contribution in [-0.2, 0) is 21.3 Å². The van der Waals surface area contributed by atoms with Gasteiger partial charge in [0.1, 0.15) is 0 Å². The Morgan fingerprint density at radius 1 is 0.947 bits per heavy atom. The van der Waals surface area contributed by atoms with Gasteiger partial charge in [-0.3, -0.25) is 9.69 Å². The molecule has 3 heterocycles. The Balaban J connectivity index is 1.25. The molecule has 0 unspecified atom stereocenters. The van der Waals surface area contributed by atoms with Crippen LogP contribution in [0, 0.1) is 11.3 Å². The Labute approximate surface area is 232 Å². The number of halogens is 1. The van der Waals surface area contributed by atoms with E-state index >= 15 is 0 Å². The largest absolute Gasteiger partial charge is 0.381 e. The van der Waals surface area contributed by atoms with Crippen LogP contribution < -0.4 is 4.90 Å². The van der Waals surface area contributed by atoms with Crippen molar-refractivity contribution in [1.29, 1.82) is 5.26 Å². The van der Waals surface area contributed by atoms with Gasteiger partial charge in [0.2, 0.25) is 0 Å². The van der Waals surface area contributed by atoms with E-state index in [-0.39, 0.29) is 11.2 Å². The SMILES string of the molecule is N#Cc1ccc2c(c1)CC1=C2C(=O)c2cc(Br)c(N3CCC(N4CCOCC4)CC3)cc2C12CCOCC2. The molecular formula is C31H32BrN3O3. The lowest BCUT2D eigenvalue weighted by Crippen LogP contribution is -2.49. The summed E-state index contributed by atoms with van der Waals surface area (Å²) in [7, 11) is 0. The minimum atomic E-state index is -0.204. The van der Waals surface area contributed by atoms with Gasteiger partial charge in [-0.1, -0.05) is 6.07 Å². The molecule has 7 heteroatoms. The van der Waals surface area contributed by atoms with Gasteiger partial charge in [-0.15, -0.1) is 0 Å². The highest BCUT2D eigenvalue weighted by molar-refractivity contribution is 9.10. The molecule has 196 valence electrons. The number of fused-ring (bicyclic) bond motifs is 5. The Bertz CT molecular complexity index is 1370. The first-order chi connectivity index (χ1) is 18.6. The molecule has 2 aromatic rings. The summed E-state index contributed by atoms with van der Waals surface area (Å²) in [6.07, 6.45) is 4.79. The lowest BCUT2D eigenvalue weighted by molar-refractivity contribution is 0.0115. The summed E-state index contributed by atoms with van der Waals surface area (Å²) in [6.45, 7) is 7.18. The maximum absolute atomic E-state index is 14.1. The van der Waals surface area contributed by atoms with Crippen molar-refractivity contribution in [2.45, 2.75) is 43.6 Å². The molecule has 2 aromatic carbocycles. The summed E-state index contributed by atoms with van der Waals surface area (Å²) in [6, 6.07) is 13.1. The van der Waals surface area contributed by atoms with E-state index in [4.69, 9.17) is 9.47 Å². The number of carbonyl (C=O) groups excluding carboxylic acids is 1. The first kappa shape index (κ1) is 24.5. The zero-order valence-corrected chi connectivity index (χ0v) is 23.2. The topological polar surface area (TPSA) is 65.8 Å². The number of rotatable bonds is 2. The number of piperidine rings is 1. The Kier molecular flexibility index (Phi) is 6.20. The Hall–Kier alpha value is -2.50. The highest BCUT2D eigenvalue weighted by Crippen LogP contribution is 2.55. The molecule has 0 bridgehead atoms. The molecule has 38 heavy (non-hydrogen) atoms. The third kappa shape index (κ3) is 3.80. The standard InChI is InChI=1S/C31H32BrN3O3/c32-27-17-24-25(18-28(27)35-7-3-22(4-8-35)34-9-13-38-14-10-34)31(5-11-37-12-6-31)26-16-21-15-20(19-33)1-2-23(21)29(26)30(24)36/h1-2,15,17-18,22H,3-14,16H2. The van der Waals surface area contributed by atoms with Gasteiger partial charge in [-0.05, 0) is 94.6 Å². The summed E-state index contributed by atoms with van der Waals surface area (Å²) in [5, 5.41) is 9.47. The fourth-order valence-electron chi connectivity index (χ4n) is 7.55. The van der Waals surface area contributed by atoms with Crippen LogP contribution in [0.5, 0.6) is 0 Å². The molecule has 7 rings (SSSR count). The molecular weight excluding hydrogens is 542 g/mol. The van der Waals surface area contributed by atoms with Gasteiger partial charge in [-0.2, -0.15) is 5.26 Å². The maximum Gasteiger partial charge on any atom is 0.193 e. The zero-order valence-electron chi connectivity index (χ0n) is 21.6. The predicted octanol–water partition coefficient (Wildman–Crippen LogP) is 4.88. The molecule has 0 amide bonds. The minimum absolute atomic E-state index is 0.119. The van der Waals surface area contributed by atoms with E-state index in [0.29, 0.717) is 24.8 Å². The number of benzene rings is 2. The second-order valence-corrected chi connectivity index (χ2v) is 12.1. The number of carbonyl (C=O) groups is 1. The fraction of sp³-hybridized carbons (Fsp3) is 0.484. The van der Waals surface area contributed by atoms with Crippen molar-refractivity contribution in [2.75, 3.05) is 57.5 Å². The van der Waals surface area contributed by atoms with E-state index in [2.05, 4.69) is 43.9 Å². The van der Waals surface area contributed by atoms with Crippen LogP contribution >= 0.6 is 15.9 Å². The molecule has 3 fully saturated rings. The number of ketones is 1. The first-order valence-corrected chi connectivity index (χ1v) is 14.7. The molecule has 0 N–H and O–H groups in total. The number of Topliss-reactive ketones (excluding diaryl/α,β-unsaturated/α-hetero) is 1. The van der Waals surface area contributed by atoms with Crippen LogP contribution in [0.1, 0.15) is 58.3 Å². The molecule has 0 saturated carbocycles. The second kappa shape index (κ2) is 9.60. The van der Waals surface area contributed by atoms with Gasteiger partial charge >= 0.3 is 0 Å². The van der Waals surface area contributed by atoms with Gasteiger partial charge in [0.25, 0.3) is 0 Å². The summed E-state index contributed by atoms with van der Waals surface area (Å²) >= 11 is 3.87. The average molecular weight is 575 g/mol. The molecule has 1 spiro atoms. The highest BCUT2D eigenvalue weighted by Gasteiger charge is 2.49. The van der Waals surface area contributed by atoms with Gasteiger partial charge in [-0.25, -0.2) is 0 Å². The molecule has 3 aliphatic heterocycles. The van der Waals surface area contributed by atoms with E-state index in [1.807, 2.05) is 18.2 Å². The van der Waals surface area contributed by atoms with Crippen LogP contribution in [0.25, 0.3) is 5.57 Å². The number of ether oxygens (including phenoxy) is 2. The van der Waals surface area contributed by atoms with Crippen LogP contribution in [0.2, 0.25) is 0 Å². The van der Waals surface area contributed by atoms with E-state index in [1.54, 1.807) is 0 Å². The maximum atomic E-state index is 14.1. The van der Waals surface area contributed by atoms with E-state index < -0.39 is 0 Å². The number of nitriles is 1. The normalized spacial score (nSPS) is 23.3. The van der Waals surface area contributed by atoms with Crippen LogP contribution in [-0.4, -0.2) is 69.3 Å². The number of allylic oxidation sites excluding steroid dienone is 2. The summed E-state index contributed by atoms with van der Waals surface area (Å²) in [4.78, 5) is 19.2. The molecule has 5 aliphatic rings. The number of nitrogens with zero attached hydrogens (tertiary/aromatic N) is 3. The van der Waals surface area contributed by atoms with Crippen molar-refractivity contribution >= 4 is 33.0 Å². The predicted molar refractivity (Wildman–Crippen MR) is 150 cm³/mol. The van der Waals surface area contributed by atoms with Crippen LogP contribution in [0.15, 0.2) is 40.4 Å². The molecule has 6 nitrogen and oxygen atoms in total. The quantitative estimate of drug-likeness (QED) is 0.510. The number of hydrogen-bond donors (Lipinski definition) is 0. The van der Waals surface area contributed by atoms with Crippen molar-refractivity contribution in [3.05, 3.63) is 68.2 Å². The van der Waals surface area contributed by atoms with Crippen molar-refractivity contribution in [3.63, 3.8) is 0 Å². The second-order valence-electron chi connectivity index (χ2n) is 11.3. The van der Waals surface area contributed by atoms with E-state index in [9.17, 15) is 10.1 Å². The Morgan fingerprint density at radius 2 is 1.68 bits per heavy atom. The fourth-order valence-corrected chi connectivity index (χ4v) is 8.15. The number of anilines is 1. The van der Waals surface area contributed by atoms with Crippen LogP contribution in [0.4, 0.5) is 5.69 Å². The van der Waals surface area contributed by atoms with E-state index in [0.717, 1.165) is 98.2 Å². The Morgan fingerprint density at radius 3 is 2.42 bits per heavy atom. The first-order valence-electron chi connectivity index (χ1n) is 13.9. The minimum Gasteiger partial charge on any atom is -0.381 e. The van der Waals surface area contributed by atoms with E-state index in [1.165, 1.54) is 16.8 Å². The van der Waals surface area contributed by atoms with Crippen molar-refractivity contribution < 1.29 is 14.3 Å². The molecule has 2 aliphatic carbocycles. The lowest BCUT2D eigenvalue weighted by Gasteiger charge is -2.45. The summed E-state index contributed by atoms with van der Waals surface area (Å²) < 4.78 is 12.4. The van der Waals surface area contributed by atoms with Gasteiger partial charge in [0, 0.05) is 66.5 Å². The van der Waals surface area contributed by atoms with Crippen molar-refractivity contribution in [2.24, 2.45) is 0 Å². The summed E-state index contributed by atoms with van der Waals surface area (Å²) in [5.74, 6) is 0.119. The monoisotopic (exact) mass is 573 g/mol. The average Bonchev–Trinajstić information content (AvgIpc) is 3.37. The molecule has 3 saturated heterocycles. The van der Waals surface area contributed by atoms with Gasteiger partial charge < -0.3 is 14.4 Å². The smallest absolute Gasteiger partial charge is 0.193 e. The highest BCUT2D eigenvalue weighted by atomic mass is 79.9. The zero-order chi connectivity index (χ0) is 25.9. The number of hydrogen-bond acceptors (Lipinski definition) is 6. The molecule has 0 aromatic heterocycles. The third-order valence-electron chi connectivity index (χ3n) is 9.54. The lowest BCUT2D eigenvalue weighted by atomic mass is 9.62. The van der Waals surface area contributed by atoms with Gasteiger partial charge in [0.05, 0.1) is 30.5 Å². The molecule has 0 atom stereocenters.